The zero-order chi connectivity index (χ0) is 13.5. The predicted molar refractivity (Wildman–Crippen MR) is 70.7 cm³/mol. The fraction of sp³-hybridized carbons (Fsp3) is 0.467. The van der Waals surface area contributed by atoms with Gasteiger partial charge in [-0.25, -0.2) is 0 Å². The van der Waals surface area contributed by atoms with Crippen LogP contribution < -0.4 is 0 Å². The van der Waals surface area contributed by atoms with Crippen molar-refractivity contribution in [2.45, 2.75) is 40.0 Å². The quantitative estimate of drug-likeness (QED) is 0.573. The summed E-state index contributed by atoms with van der Waals surface area (Å²) >= 11 is 0. The number of benzene rings is 1. The SMILES string of the molecule is CCOC(=O)CCCC(=O)c1c(C)cccc1C. The van der Waals surface area contributed by atoms with Crippen LogP contribution in [-0.2, 0) is 9.53 Å². The fourth-order valence-electron chi connectivity index (χ4n) is 2.01. The molecule has 0 atom stereocenters. The van der Waals surface area contributed by atoms with Gasteiger partial charge in [-0.2, -0.15) is 0 Å². The smallest absolute Gasteiger partial charge is 0.305 e. The number of aryl methyl sites for hydroxylation is 2. The maximum atomic E-state index is 12.1. The van der Waals surface area contributed by atoms with Crippen molar-refractivity contribution in [2.24, 2.45) is 0 Å². The maximum absolute atomic E-state index is 12.1. The molecule has 0 N–H and O–H groups in total. The molecule has 3 heteroatoms. The minimum atomic E-state index is -0.230. The van der Waals surface area contributed by atoms with E-state index < -0.39 is 0 Å². The highest BCUT2D eigenvalue weighted by Gasteiger charge is 2.12. The van der Waals surface area contributed by atoms with Crippen LogP contribution in [0.1, 0.15) is 47.7 Å². The molecule has 0 heterocycles. The molecular weight excluding hydrogens is 228 g/mol. The van der Waals surface area contributed by atoms with Crippen molar-refractivity contribution < 1.29 is 14.3 Å². The molecule has 0 spiro atoms. The Morgan fingerprint density at radius 1 is 1.11 bits per heavy atom. The fourth-order valence-corrected chi connectivity index (χ4v) is 2.01. The lowest BCUT2D eigenvalue weighted by Gasteiger charge is -2.08. The van der Waals surface area contributed by atoms with Crippen LogP contribution in [0.3, 0.4) is 0 Å². The highest BCUT2D eigenvalue weighted by atomic mass is 16.5. The second kappa shape index (κ2) is 6.94. The first-order chi connectivity index (χ1) is 8.56. The number of hydrogen-bond acceptors (Lipinski definition) is 3. The third kappa shape index (κ3) is 3.99. The van der Waals surface area contributed by atoms with E-state index in [1.54, 1.807) is 6.92 Å². The first-order valence-corrected chi connectivity index (χ1v) is 6.31. The molecule has 0 fully saturated rings. The topological polar surface area (TPSA) is 43.4 Å². The van der Waals surface area contributed by atoms with E-state index in [2.05, 4.69) is 0 Å². The van der Waals surface area contributed by atoms with E-state index in [1.807, 2.05) is 32.0 Å². The molecule has 3 nitrogen and oxygen atoms in total. The minimum absolute atomic E-state index is 0.106. The molecule has 0 radical (unpaired) electrons. The van der Waals surface area contributed by atoms with Crippen LogP contribution in [0.2, 0.25) is 0 Å². The van der Waals surface area contributed by atoms with Crippen molar-refractivity contribution in [2.75, 3.05) is 6.61 Å². The Labute approximate surface area is 108 Å². The molecule has 0 unspecified atom stereocenters. The van der Waals surface area contributed by atoms with Gasteiger partial charge in [0, 0.05) is 18.4 Å². The Morgan fingerprint density at radius 3 is 2.28 bits per heavy atom. The highest BCUT2D eigenvalue weighted by molar-refractivity contribution is 5.98. The van der Waals surface area contributed by atoms with Gasteiger partial charge < -0.3 is 4.74 Å². The number of esters is 1. The number of carbonyl (C=O) groups is 2. The van der Waals surface area contributed by atoms with E-state index in [0.29, 0.717) is 25.9 Å². The third-order valence-electron chi connectivity index (χ3n) is 2.85. The molecule has 0 bridgehead atoms. The zero-order valence-corrected chi connectivity index (χ0v) is 11.3. The lowest BCUT2D eigenvalue weighted by atomic mass is 9.96. The first kappa shape index (κ1) is 14.4. The number of ketones is 1. The molecule has 0 amide bonds. The molecule has 0 saturated heterocycles. The minimum Gasteiger partial charge on any atom is -0.466 e. The molecule has 98 valence electrons. The van der Waals surface area contributed by atoms with Gasteiger partial charge in [0.05, 0.1) is 6.61 Å². The molecule has 1 aromatic carbocycles. The molecule has 0 aliphatic heterocycles. The summed E-state index contributed by atoms with van der Waals surface area (Å²) in [6.07, 6.45) is 1.25. The summed E-state index contributed by atoms with van der Waals surface area (Å²) < 4.78 is 4.83. The number of Topliss-reactive ketones (excluding diaryl/α,β-unsaturated/α-hetero) is 1. The summed E-state index contributed by atoms with van der Waals surface area (Å²) in [5.74, 6) is -0.123. The average Bonchev–Trinajstić information content (AvgIpc) is 2.29. The Hall–Kier alpha value is -1.64. The summed E-state index contributed by atoms with van der Waals surface area (Å²) in [4.78, 5) is 23.2. The average molecular weight is 248 g/mol. The highest BCUT2D eigenvalue weighted by Crippen LogP contribution is 2.16. The van der Waals surface area contributed by atoms with Crippen LogP contribution in [0.5, 0.6) is 0 Å². The Balaban J connectivity index is 2.53. The van der Waals surface area contributed by atoms with Crippen molar-refractivity contribution in [1.29, 1.82) is 0 Å². The van der Waals surface area contributed by atoms with Crippen LogP contribution >= 0.6 is 0 Å². The molecule has 0 aliphatic carbocycles. The number of hydrogen-bond donors (Lipinski definition) is 0. The lowest BCUT2D eigenvalue weighted by Crippen LogP contribution is -2.07. The van der Waals surface area contributed by atoms with Gasteiger partial charge in [-0.15, -0.1) is 0 Å². The Bertz CT molecular complexity index is 415. The standard InChI is InChI=1S/C15H20O3/c1-4-18-14(17)10-6-9-13(16)15-11(2)7-5-8-12(15)3/h5,7-8H,4,6,9-10H2,1-3H3. The van der Waals surface area contributed by atoms with Gasteiger partial charge >= 0.3 is 5.97 Å². The van der Waals surface area contributed by atoms with Crippen LogP contribution in [0.15, 0.2) is 18.2 Å². The number of carbonyl (C=O) groups excluding carboxylic acids is 2. The molecule has 0 saturated carbocycles. The Morgan fingerprint density at radius 2 is 1.72 bits per heavy atom. The summed E-state index contributed by atoms with van der Waals surface area (Å²) in [5.41, 5.74) is 2.79. The molecule has 0 aromatic heterocycles. The second-order valence-electron chi connectivity index (χ2n) is 4.35. The van der Waals surface area contributed by atoms with Crippen molar-refractivity contribution in [1.82, 2.24) is 0 Å². The zero-order valence-electron chi connectivity index (χ0n) is 11.3. The van der Waals surface area contributed by atoms with Gasteiger partial charge in [0.2, 0.25) is 0 Å². The van der Waals surface area contributed by atoms with Crippen LogP contribution in [-0.4, -0.2) is 18.4 Å². The largest absolute Gasteiger partial charge is 0.466 e. The van der Waals surface area contributed by atoms with Gasteiger partial charge in [0.1, 0.15) is 0 Å². The van der Waals surface area contributed by atoms with Crippen molar-refractivity contribution >= 4 is 11.8 Å². The van der Waals surface area contributed by atoms with Crippen molar-refractivity contribution in [3.8, 4) is 0 Å². The number of rotatable bonds is 6. The molecule has 1 aromatic rings. The van der Waals surface area contributed by atoms with Gasteiger partial charge in [0.25, 0.3) is 0 Å². The molecule has 1 rings (SSSR count). The van der Waals surface area contributed by atoms with E-state index in [-0.39, 0.29) is 11.8 Å². The van der Waals surface area contributed by atoms with E-state index in [4.69, 9.17) is 4.74 Å². The van der Waals surface area contributed by atoms with Crippen molar-refractivity contribution in [3.05, 3.63) is 34.9 Å². The second-order valence-corrected chi connectivity index (χ2v) is 4.35. The van der Waals surface area contributed by atoms with Crippen LogP contribution in [0.4, 0.5) is 0 Å². The van der Waals surface area contributed by atoms with Gasteiger partial charge in [-0.05, 0) is 38.3 Å². The Kier molecular flexibility index (Phi) is 5.56. The normalized spacial score (nSPS) is 10.2. The van der Waals surface area contributed by atoms with Crippen LogP contribution in [0, 0.1) is 13.8 Å². The lowest BCUT2D eigenvalue weighted by molar-refractivity contribution is -0.143. The summed E-state index contributed by atoms with van der Waals surface area (Å²) in [7, 11) is 0. The van der Waals surface area contributed by atoms with Gasteiger partial charge in [-0.1, -0.05) is 18.2 Å². The van der Waals surface area contributed by atoms with E-state index in [1.165, 1.54) is 0 Å². The molecule has 18 heavy (non-hydrogen) atoms. The first-order valence-electron chi connectivity index (χ1n) is 6.31. The molecular formula is C15H20O3. The maximum Gasteiger partial charge on any atom is 0.305 e. The van der Waals surface area contributed by atoms with Crippen LogP contribution in [0.25, 0.3) is 0 Å². The predicted octanol–water partition coefficient (Wildman–Crippen LogP) is 3.22. The van der Waals surface area contributed by atoms with E-state index in [9.17, 15) is 9.59 Å². The molecule has 0 aliphatic rings. The van der Waals surface area contributed by atoms with E-state index >= 15 is 0 Å². The summed E-state index contributed by atoms with van der Waals surface area (Å²) in [5, 5.41) is 0. The number of ether oxygens (including phenoxy) is 1. The third-order valence-corrected chi connectivity index (χ3v) is 2.85. The summed E-state index contributed by atoms with van der Waals surface area (Å²) in [6.45, 7) is 6.04. The van der Waals surface area contributed by atoms with Crippen molar-refractivity contribution in [3.63, 3.8) is 0 Å². The summed E-state index contributed by atoms with van der Waals surface area (Å²) in [6, 6.07) is 5.82. The van der Waals surface area contributed by atoms with Gasteiger partial charge in [0.15, 0.2) is 5.78 Å². The van der Waals surface area contributed by atoms with E-state index in [0.717, 1.165) is 16.7 Å². The monoisotopic (exact) mass is 248 g/mol. The van der Waals surface area contributed by atoms with Gasteiger partial charge in [-0.3, -0.25) is 9.59 Å².